The maximum absolute atomic E-state index is 11.8. The summed E-state index contributed by atoms with van der Waals surface area (Å²) in [4.78, 5) is 14.0. The van der Waals surface area contributed by atoms with Crippen LogP contribution in [0.4, 0.5) is 11.4 Å². The molecule has 4 heteroatoms. The Morgan fingerprint density at radius 3 is 2.83 bits per heavy atom. The van der Waals surface area contributed by atoms with Crippen molar-refractivity contribution in [1.82, 2.24) is 5.32 Å². The number of amides is 1. The molecule has 2 rings (SSSR count). The van der Waals surface area contributed by atoms with E-state index in [9.17, 15) is 4.79 Å². The van der Waals surface area contributed by atoms with Gasteiger partial charge in [0.05, 0.1) is 0 Å². The summed E-state index contributed by atoms with van der Waals surface area (Å²) >= 11 is 0. The SMILES string of the molecule is CCCN(C)c1ccc2c(c1)NC(=O)C2NCC. The van der Waals surface area contributed by atoms with Crippen LogP contribution < -0.4 is 15.5 Å². The summed E-state index contributed by atoms with van der Waals surface area (Å²) in [5.41, 5.74) is 3.13. The van der Waals surface area contributed by atoms with Gasteiger partial charge in [0.2, 0.25) is 5.91 Å². The lowest BCUT2D eigenvalue weighted by molar-refractivity contribution is -0.117. The number of hydrogen-bond donors (Lipinski definition) is 2. The van der Waals surface area contributed by atoms with Crippen molar-refractivity contribution in [2.45, 2.75) is 26.3 Å². The van der Waals surface area contributed by atoms with E-state index >= 15 is 0 Å². The van der Waals surface area contributed by atoms with Crippen LogP contribution in [-0.2, 0) is 4.79 Å². The number of carbonyl (C=O) groups is 1. The molecular weight excluding hydrogens is 226 g/mol. The van der Waals surface area contributed by atoms with Crippen LogP contribution in [0.2, 0.25) is 0 Å². The summed E-state index contributed by atoms with van der Waals surface area (Å²) in [6.45, 7) is 5.97. The smallest absolute Gasteiger partial charge is 0.246 e. The number of anilines is 2. The third kappa shape index (κ3) is 2.34. The Morgan fingerprint density at radius 1 is 1.39 bits per heavy atom. The van der Waals surface area contributed by atoms with Gasteiger partial charge in [0.25, 0.3) is 0 Å². The van der Waals surface area contributed by atoms with Crippen LogP contribution in [0.3, 0.4) is 0 Å². The zero-order valence-corrected chi connectivity index (χ0v) is 11.3. The molecule has 1 aliphatic rings. The molecule has 0 aliphatic carbocycles. The standard InChI is InChI=1S/C14H21N3O/c1-4-8-17(3)10-6-7-11-12(9-10)16-14(18)13(11)15-5-2/h6-7,9,13,15H,4-5,8H2,1-3H3,(H,16,18). The molecule has 0 spiro atoms. The molecule has 1 unspecified atom stereocenters. The van der Waals surface area contributed by atoms with Gasteiger partial charge in [-0.2, -0.15) is 0 Å². The molecule has 4 nitrogen and oxygen atoms in total. The second-order valence-corrected chi connectivity index (χ2v) is 4.67. The van der Waals surface area contributed by atoms with Crippen LogP contribution in [0.1, 0.15) is 31.9 Å². The molecule has 1 atom stereocenters. The van der Waals surface area contributed by atoms with Gasteiger partial charge in [-0.15, -0.1) is 0 Å². The topological polar surface area (TPSA) is 44.4 Å². The first-order valence-corrected chi connectivity index (χ1v) is 6.56. The van der Waals surface area contributed by atoms with E-state index in [1.165, 1.54) is 0 Å². The van der Waals surface area contributed by atoms with Crippen LogP contribution >= 0.6 is 0 Å². The second kappa shape index (κ2) is 5.40. The van der Waals surface area contributed by atoms with Crippen LogP contribution in [-0.4, -0.2) is 26.0 Å². The quantitative estimate of drug-likeness (QED) is 0.838. The van der Waals surface area contributed by atoms with Crippen molar-refractivity contribution in [3.63, 3.8) is 0 Å². The molecule has 18 heavy (non-hydrogen) atoms. The molecule has 0 bridgehead atoms. The monoisotopic (exact) mass is 247 g/mol. The highest BCUT2D eigenvalue weighted by atomic mass is 16.2. The fraction of sp³-hybridized carbons (Fsp3) is 0.500. The van der Waals surface area contributed by atoms with Gasteiger partial charge in [0.1, 0.15) is 6.04 Å². The van der Waals surface area contributed by atoms with Crippen molar-refractivity contribution in [2.24, 2.45) is 0 Å². The third-order valence-electron chi connectivity index (χ3n) is 3.28. The number of rotatable bonds is 5. The Kier molecular flexibility index (Phi) is 3.87. The molecule has 0 aromatic heterocycles. The van der Waals surface area contributed by atoms with E-state index in [1.54, 1.807) is 0 Å². The molecule has 0 fully saturated rings. The number of fused-ring (bicyclic) bond motifs is 1. The van der Waals surface area contributed by atoms with Crippen LogP contribution in [0.25, 0.3) is 0 Å². The average molecular weight is 247 g/mol. The van der Waals surface area contributed by atoms with E-state index in [0.29, 0.717) is 0 Å². The van der Waals surface area contributed by atoms with Gasteiger partial charge in [0, 0.05) is 30.5 Å². The molecule has 1 aliphatic heterocycles. The van der Waals surface area contributed by atoms with Crippen molar-refractivity contribution in [3.8, 4) is 0 Å². The number of hydrogen-bond acceptors (Lipinski definition) is 3. The Balaban J connectivity index is 2.24. The highest BCUT2D eigenvalue weighted by Crippen LogP contribution is 2.33. The van der Waals surface area contributed by atoms with Crippen molar-refractivity contribution in [3.05, 3.63) is 23.8 Å². The fourth-order valence-corrected chi connectivity index (χ4v) is 2.36. The van der Waals surface area contributed by atoms with Gasteiger partial charge in [-0.05, 0) is 25.1 Å². The number of carbonyl (C=O) groups excluding carboxylic acids is 1. The average Bonchev–Trinajstić information content (AvgIpc) is 2.66. The van der Waals surface area contributed by atoms with Crippen molar-refractivity contribution < 1.29 is 4.79 Å². The van der Waals surface area contributed by atoms with E-state index in [1.807, 2.05) is 13.0 Å². The summed E-state index contributed by atoms with van der Waals surface area (Å²) in [6, 6.07) is 5.98. The molecule has 1 aromatic rings. The van der Waals surface area contributed by atoms with Gasteiger partial charge < -0.3 is 15.5 Å². The highest BCUT2D eigenvalue weighted by Gasteiger charge is 2.29. The van der Waals surface area contributed by atoms with Gasteiger partial charge in [-0.1, -0.05) is 19.9 Å². The van der Waals surface area contributed by atoms with Crippen molar-refractivity contribution in [1.29, 1.82) is 0 Å². The Morgan fingerprint density at radius 2 is 2.17 bits per heavy atom. The molecular formula is C14H21N3O. The molecule has 98 valence electrons. The lowest BCUT2D eigenvalue weighted by Gasteiger charge is -2.19. The van der Waals surface area contributed by atoms with E-state index in [4.69, 9.17) is 0 Å². The fourth-order valence-electron chi connectivity index (χ4n) is 2.36. The molecule has 0 saturated heterocycles. The zero-order chi connectivity index (χ0) is 13.1. The van der Waals surface area contributed by atoms with E-state index in [-0.39, 0.29) is 11.9 Å². The molecule has 0 radical (unpaired) electrons. The summed E-state index contributed by atoms with van der Waals surface area (Å²) in [7, 11) is 2.07. The Labute approximate surface area is 108 Å². The van der Waals surface area contributed by atoms with Gasteiger partial charge in [0.15, 0.2) is 0 Å². The Hall–Kier alpha value is -1.55. The van der Waals surface area contributed by atoms with Gasteiger partial charge in [-0.25, -0.2) is 0 Å². The van der Waals surface area contributed by atoms with Gasteiger partial charge >= 0.3 is 0 Å². The van der Waals surface area contributed by atoms with E-state index in [2.05, 4.69) is 41.6 Å². The summed E-state index contributed by atoms with van der Waals surface area (Å²) in [5, 5.41) is 6.14. The molecule has 1 amide bonds. The molecule has 0 saturated carbocycles. The van der Waals surface area contributed by atoms with E-state index < -0.39 is 0 Å². The van der Waals surface area contributed by atoms with Crippen molar-refractivity contribution in [2.75, 3.05) is 30.4 Å². The summed E-state index contributed by atoms with van der Waals surface area (Å²) in [5.74, 6) is 0.0437. The normalized spacial score (nSPS) is 17.5. The summed E-state index contributed by atoms with van der Waals surface area (Å²) < 4.78 is 0. The van der Waals surface area contributed by atoms with Crippen molar-refractivity contribution >= 4 is 17.3 Å². The molecule has 1 aromatic carbocycles. The molecule has 2 N–H and O–H groups in total. The zero-order valence-electron chi connectivity index (χ0n) is 11.3. The number of likely N-dealkylation sites (N-methyl/N-ethyl adjacent to an activating group) is 1. The first-order valence-electron chi connectivity index (χ1n) is 6.56. The van der Waals surface area contributed by atoms with Crippen LogP contribution in [0, 0.1) is 0 Å². The minimum Gasteiger partial charge on any atom is -0.375 e. The van der Waals surface area contributed by atoms with Gasteiger partial charge in [-0.3, -0.25) is 4.79 Å². The number of nitrogens with one attached hydrogen (secondary N) is 2. The number of nitrogens with zero attached hydrogens (tertiary/aromatic N) is 1. The largest absolute Gasteiger partial charge is 0.375 e. The Bertz CT molecular complexity index is 445. The number of benzene rings is 1. The minimum atomic E-state index is -0.199. The lowest BCUT2D eigenvalue weighted by atomic mass is 10.1. The van der Waals surface area contributed by atoms with E-state index in [0.717, 1.165) is 36.4 Å². The predicted octanol–water partition coefficient (Wildman–Crippen LogP) is 2.14. The molecule has 1 heterocycles. The highest BCUT2D eigenvalue weighted by molar-refractivity contribution is 6.03. The third-order valence-corrected chi connectivity index (χ3v) is 3.28. The lowest BCUT2D eigenvalue weighted by Crippen LogP contribution is -2.27. The first-order chi connectivity index (χ1) is 8.67. The van der Waals surface area contributed by atoms with Crippen LogP contribution in [0.15, 0.2) is 18.2 Å². The first kappa shape index (κ1) is 12.9. The second-order valence-electron chi connectivity index (χ2n) is 4.67. The maximum Gasteiger partial charge on any atom is 0.246 e. The van der Waals surface area contributed by atoms with Crippen LogP contribution in [0.5, 0.6) is 0 Å². The minimum absolute atomic E-state index is 0.0437. The summed E-state index contributed by atoms with van der Waals surface area (Å²) in [6.07, 6.45) is 1.11. The predicted molar refractivity (Wildman–Crippen MR) is 75.1 cm³/mol. The maximum atomic E-state index is 11.8.